The van der Waals surface area contributed by atoms with Gasteiger partial charge in [0.15, 0.2) is 0 Å². The van der Waals surface area contributed by atoms with E-state index in [-0.39, 0.29) is 6.09 Å². The van der Waals surface area contributed by atoms with Gasteiger partial charge in [-0.2, -0.15) is 0 Å². The Morgan fingerprint density at radius 1 is 1.44 bits per heavy atom. The topological polar surface area (TPSA) is 41.6 Å². The monoisotopic (exact) mass is 228 g/mol. The average Bonchev–Trinajstić information content (AvgIpc) is 2.92. The molecule has 4 nitrogen and oxygen atoms in total. The minimum absolute atomic E-state index is 0.257. The van der Waals surface area contributed by atoms with Crippen molar-refractivity contribution in [2.75, 3.05) is 6.54 Å². The van der Waals surface area contributed by atoms with Gasteiger partial charge in [0.25, 0.3) is 0 Å². The Morgan fingerprint density at radius 3 is 2.50 bits per heavy atom. The molecule has 1 fully saturated rings. The highest BCUT2D eigenvalue weighted by atomic mass is 16.6. The third-order valence-corrected chi connectivity index (χ3v) is 2.26. The van der Waals surface area contributed by atoms with Crippen molar-refractivity contribution in [2.24, 2.45) is 0 Å². The molecule has 0 aromatic heterocycles. The number of carbonyl (C=O) groups excluding carboxylic acids is 1. The summed E-state index contributed by atoms with van der Waals surface area (Å²) in [5, 5.41) is 1.63. The zero-order valence-electron chi connectivity index (χ0n) is 10.9. The number of nitrogens with one attached hydrogen (secondary N) is 1. The Morgan fingerprint density at radius 2 is 2.06 bits per heavy atom. The number of unbranched alkanes of at least 4 members (excludes halogenated alkanes) is 1. The second-order valence-electron chi connectivity index (χ2n) is 5.39. The first-order chi connectivity index (χ1) is 7.42. The van der Waals surface area contributed by atoms with Gasteiger partial charge in [0, 0.05) is 12.6 Å². The molecule has 1 N–H and O–H groups in total. The van der Waals surface area contributed by atoms with Gasteiger partial charge in [-0.05, 0) is 40.0 Å². The molecule has 0 bridgehead atoms. The fraction of sp³-hybridized carbons (Fsp3) is 0.917. The summed E-state index contributed by atoms with van der Waals surface area (Å²) in [5.74, 6) is 0. The van der Waals surface area contributed by atoms with Crippen LogP contribution in [-0.4, -0.2) is 29.3 Å². The zero-order chi connectivity index (χ0) is 12.2. The van der Waals surface area contributed by atoms with Gasteiger partial charge in [0.2, 0.25) is 0 Å². The Bertz CT molecular complexity index is 232. The van der Waals surface area contributed by atoms with Gasteiger partial charge in [-0.1, -0.05) is 13.3 Å². The normalized spacial score (nSPS) is 16.0. The molecule has 0 aromatic rings. The van der Waals surface area contributed by atoms with E-state index in [0.29, 0.717) is 6.04 Å². The first kappa shape index (κ1) is 13.3. The summed E-state index contributed by atoms with van der Waals surface area (Å²) < 4.78 is 5.35. The molecule has 94 valence electrons. The molecule has 0 spiro atoms. The van der Waals surface area contributed by atoms with Crippen molar-refractivity contribution in [3.05, 3.63) is 0 Å². The molecule has 1 rings (SSSR count). The minimum Gasteiger partial charge on any atom is -0.443 e. The maximum atomic E-state index is 11.9. The molecule has 0 atom stereocenters. The van der Waals surface area contributed by atoms with Crippen molar-refractivity contribution in [2.45, 2.75) is 65.0 Å². The number of ether oxygens (including phenoxy) is 1. The van der Waals surface area contributed by atoms with Crippen LogP contribution in [0.2, 0.25) is 0 Å². The van der Waals surface area contributed by atoms with E-state index < -0.39 is 5.60 Å². The first-order valence-corrected chi connectivity index (χ1v) is 6.19. The molecule has 0 unspecified atom stereocenters. The highest BCUT2D eigenvalue weighted by molar-refractivity contribution is 5.67. The summed E-state index contributed by atoms with van der Waals surface area (Å²) in [6, 6.07) is 0.476. The van der Waals surface area contributed by atoms with Crippen LogP contribution < -0.4 is 5.43 Å². The predicted octanol–water partition coefficient (Wildman–Crippen LogP) is 2.69. The summed E-state index contributed by atoms with van der Waals surface area (Å²) in [5.41, 5.74) is 2.78. The fourth-order valence-electron chi connectivity index (χ4n) is 1.27. The standard InChI is InChI=1S/C12H24N2O2/c1-5-6-9-14(13-10-7-8-10)11(15)16-12(2,3)4/h10,13H,5-9H2,1-4H3. The SMILES string of the molecule is CCCCN(NC1CC1)C(=O)OC(C)(C)C. The molecule has 1 aliphatic rings. The summed E-state index contributed by atoms with van der Waals surface area (Å²) in [6.45, 7) is 8.51. The van der Waals surface area contributed by atoms with E-state index in [1.165, 1.54) is 0 Å². The van der Waals surface area contributed by atoms with Gasteiger partial charge in [-0.25, -0.2) is 15.2 Å². The van der Waals surface area contributed by atoms with Crippen LogP contribution in [0.3, 0.4) is 0 Å². The third kappa shape index (κ3) is 5.35. The molecular weight excluding hydrogens is 204 g/mol. The molecule has 1 amide bonds. The summed E-state index contributed by atoms with van der Waals surface area (Å²) in [6.07, 6.45) is 4.13. The van der Waals surface area contributed by atoms with Crippen LogP contribution in [0.25, 0.3) is 0 Å². The molecule has 0 aromatic carbocycles. The van der Waals surface area contributed by atoms with E-state index in [1.807, 2.05) is 20.8 Å². The quantitative estimate of drug-likeness (QED) is 0.736. The molecule has 0 radical (unpaired) electrons. The van der Waals surface area contributed by atoms with Gasteiger partial charge in [-0.3, -0.25) is 0 Å². The summed E-state index contributed by atoms with van der Waals surface area (Å²) in [4.78, 5) is 11.9. The Kier molecular flexibility index (Phi) is 4.59. The Hall–Kier alpha value is -0.770. The van der Waals surface area contributed by atoms with Crippen molar-refractivity contribution in [3.63, 3.8) is 0 Å². The molecular formula is C12H24N2O2. The lowest BCUT2D eigenvalue weighted by molar-refractivity contribution is 0.0126. The van der Waals surface area contributed by atoms with E-state index in [4.69, 9.17) is 4.74 Å². The van der Waals surface area contributed by atoms with Gasteiger partial charge >= 0.3 is 6.09 Å². The first-order valence-electron chi connectivity index (χ1n) is 6.19. The van der Waals surface area contributed by atoms with Gasteiger partial charge in [0.05, 0.1) is 0 Å². The predicted molar refractivity (Wildman–Crippen MR) is 64.0 cm³/mol. The lowest BCUT2D eigenvalue weighted by atomic mass is 10.2. The van der Waals surface area contributed by atoms with Crippen LogP contribution in [0, 0.1) is 0 Å². The van der Waals surface area contributed by atoms with Crippen LogP contribution >= 0.6 is 0 Å². The molecule has 4 heteroatoms. The number of hydrazine groups is 1. The Labute approximate surface area is 98.3 Å². The number of hydrogen-bond acceptors (Lipinski definition) is 3. The fourth-order valence-corrected chi connectivity index (χ4v) is 1.27. The van der Waals surface area contributed by atoms with Crippen LogP contribution in [0.1, 0.15) is 53.4 Å². The van der Waals surface area contributed by atoms with Gasteiger partial charge < -0.3 is 4.74 Å². The van der Waals surface area contributed by atoms with Crippen LogP contribution in [0.5, 0.6) is 0 Å². The molecule has 0 saturated heterocycles. The van der Waals surface area contributed by atoms with E-state index in [1.54, 1.807) is 5.01 Å². The number of carbonyl (C=O) groups is 1. The maximum Gasteiger partial charge on any atom is 0.424 e. The molecule has 0 aliphatic heterocycles. The van der Waals surface area contributed by atoms with Gasteiger partial charge in [-0.15, -0.1) is 0 Å². The molecule has 0 heterocycles. The Balaban J connectivity index is 2.42. The second kappa shape index (κ2) is 5.53. The van der Waals surface area contributed by atoms with E-state index in [2.05, 4.69) is 12.3 Å². The number of rotatable bonds is 5. The molecule has 1 saturated carbocycles. The minimum atomic E-state index is -0.424. The van der Waals surface area contributed by atoms with Crippen LogP contribution in [-0.2, 0) is 4.74 Å². The average molecular weight is 228 g/mol. The molecule has 16 heavy (non-hydrogen) atoms. The van der Waals surface area contributed by atoms with E-state index >= 15 is 0 Å². The van der Waals surface area contributed by atoms with Crippen molar-refractivity contribution >= 4 is 6.09 Å². The zero-order valence-corrected chi connectivity index (χ0v) is 10.9. The van der Waals surface area contributed by atoms with E-state index in [9.17, 15) is 4.79 Å². The van der Waals surface area contributed by atoms with Gasteiger partial charge in [0.1, 0.15) is 5.60 Å². The lowest BCUT2D eigenvalue weighted by Gasteiger charge is -2.27. The highest BCUT2D eigenvalue weighted by Gasteiger charge is 2.28. The number of hydrogen-bond donors (Lipinski definition) is 1. The highest BCUT2D eigenvalue weighted by Crippen LogP contribution is 2.20. The summed E-state index contributed by atoms with van der Waals surface area (Å²) >= 11 is 0. The summed E-state index contributed by atoms with van der Waals surface area (Å²) in [7, 11) is 0. The molecule has 1 aliphatic carbocycles. The number of nitrogens with zero attached hydrogens (tertiary/aromatic N) is 1. The van der Waals surface area contributed by atoms with Crippen molar-refractivity contribution in [1.29, 1.82) is 0 Å². The largest absolute Gasteiger partial charge is 0.443 e. The van der Waals surface area contributed by atoms with Crippen molar-refractivity contribution < 1.29 is 9.53 Å². The van der Waals surface area contributed by atoms with Crippen molar-refractivity contribution in [3.8, 4) is 0 Å². The maximum absolute atomic E-state index is 11.9. The van der Waals surface area contributed by atoms with Crippen LogP contribution in [0.15, 0.2) is 0 Å². The smallest absolute Gasteiger partial charge is 0.424 e. The number of amides is 1. The van der Waals surface area contributed by atoms with Crippen LogP contribution in [0.4, 0.5) is 4.79 Å². The third-order valence-electron chi connectivity index (χ3n) is 2.26. The lowest BCUT2D eigenvalue weighted by Crippen LogP contribution is -2.47. The van der Waals surface area contributed by atoms with Crippen molar-refractivity contribution in [1.82, 2.24) is 10.4 Å². The van der Waals surface area contributed by atoms with E-state index in [0.717, 1.165) is 32.2 Å². The second-order valence-corrected chi connectivity index (χ2v) is 5.39.